The SMILES string of the molecule is NC(=O)c1c(C2(c3ccccc3)CC2N2CCC(N3CCOCC3)CC2)c(-c2ccc(Cl)c(C(F)(F)F)c2)nc2ccc(Cl)cc12. The summed E-state index contributed by atoms with van der Waals surface area (Å²) in [5.74, 6) is -0.692. The molecule has 2 atom stereocenters. The molecular formula is C35H33Cl2F3N4O2. The number of morpholine rings is 1. The van der Waals surface area contributed by atoms with E-state index in [4.69, 9.17) is 38.7 Å². The summed E-state index contributed by atoms with van der Waals surface area (Å²) in [6, 6.07) is 19.0. The lowest BCUT2D eigenvalue weighted by Crippen LogP contribution is -2.50. The summed E-state index contributed by atoms with van der Waals surface area (Å²) in [6.45, 7) is 5.07. The lowest BCUT2D eigenvalue weighted by Gasteiger charge is -2.41. The summed E-state index contributed by atoms with van der Waals surface area (Å²) in [5.41, 5.74) is 7.06. The highest BCUT2D eigenvalue weighted by atomic mass is 35.5. The highest BCUT2D eigenvalue weighted by Crippen LogP contribution is 2.60. The summed E-state index contributed by atoms with van der Waals surface area (Å²) < 4.78 is 47.9. The van der Waals surface area contributed by atoms with Crippen molar-refractivity contribution in [3.05, 3.63) is 99.0 Å². The Morgan fingerprint density at radius 3 is 2.33 bits per heavy atom. The van der Waals surface area contributed by atoms with Gasteiger partial charge in [0.2, 0.25) is 5.91 Å². The number of hydrogen-bond donors (Lipinski definition) is 1. The van der Waals surface area contributed by atoms with Gasteiger partial charge in [0.25, 0.3) is 0 Å². The van der Waals surface area contributed by atoms with E-state index < -0.39 is 28.1 Å². The number of rotatable bonds is 6. The van der Waals surface area contributed by atoms with Crippen LogP contribution in [0.3, 0.4) is 0 Å². The van der Waals surface area contributed by atoms with E-state index in [1.165, 1.54) is 12.1 Å². The Morgan fingerprint density at radius 2 is 1.65 bits per heavy atom. The Hall–Kier alpha value is -3.21. The van der Waals surface area contributed by atoms with Gasteiger partial charge in [-0.05, 0) is 68.2 Å². The van der Waals surface area contributed by atoms with Crippen LogP contribution in [0, 0.1) is 0 Å². The number of fused-ring (bicyclic) bond motifs is 1. The number of carbonyl (C=O) groups excluding carboxylic acids is 1. The molecule has 0 radical (unpaired) electrons. The van der Waals surface area contributed by atoms with Crippen molar-refractivity contribution in [2.45, 2.75) is 42.9 Å². The number of primary amides is 1. The largest absolute Gasteiger partial charge is 0.417 e. The molecule has 3 fully saturated rings. The first kappa shape index (κ1) is 31.4. The topological polar surface area (TPSA) is 71.7 Å². The van der Waals surface area contributed by atoms with Gasteiger partial charge in [-0.15, -0.1) is 0 Å². The van der Waals surface area contributed by atoms with Crippen LogP contribution in [0.25, 0.3) is 22.2 Å². The van der Waals surface area contributed by atoms with Crippen LogP contribution in [-0.2, 0) is 16.3 Å². The van der Waals surface area contributed by atoms with Gasteiger partial charge in [0.1, 0.15) is 0 Å². The van der Waals surface area contributed by atoms with E-state index >= 15 is 0 Å². The number of benzene rings is 3. The Labute approximate surface area is 275 Å². The first-order chi connectivity index (χ1) is 22.1. The van der Waals surface area contributed by atoms with Gasteiger partial charge in [0.05, 0.1) is 40.6 Å². The average molecular weight is 670 g/mol. The Morgan fingerprint density at radius 1 is 0.935 bits per heavy atom. The van der Waals surface area contributed by atoms with Crippen molar-refractivity contribution in [3.63, 3.8) is 0 Å². The lowest BCUT2D eigenvalue weighted by atomic mass is 9.79. The van der Waals surface area contributed by atoms with Crippen LogP contribution in [-0.4, -0.2) is 72.2 Å². The fourth-order valence-electron chi connectivity index (χ4n) is 7.68. The van der Waals surface area contributed by atoms with Crippen LogP contribution < -0.4 is 5.73 Å². The summed E-state index contributed by atoms with van der Waals surface area (Å²) >= 11 is 12.5. The minimum absolute atomic E-state index is 0.0230. The number of amides is 1. The van der Waals surface area contributed by atoms with Gasteiger partial charge in [-0.3, -0.25) is 14.6 Å². The molecule has 2 unspecified atom stereocenters. The van der Waals surface area contributed by atoms with Gasteiger partial charge in [0.15, 0.2) is 0 Å². The number of aromatic nitrogens is 1. The Bertz CT molecular complexity index is 1790. The molecular weight excluding hydrogens is 636 g/mol. The van der Waals surface area contributed by atoms with Crippen LogP contribution in [0.4, 0.5) is 13.2 Å². The van der Waals surface area contributed by atoms with Crippen LogP contribution in [0.2, 0.25) is 10.0 Å². The number of pyridine rings is 1. The zero-order chi connectivity index (χ0) is 32.2. The zero-order valence-electron chi connectivity index (χ0n) is 25.0. The summed E-state index contributed by atoms with van der Waals surface area (Å²) in [5, 5.41) is 0.453. The standard InChI is InChI=1S/C35H33Cl2F3N4O2/c36-23-7-9-28-25(19-23)30(33(41)45)31(32(42-28)21-6-8-27(37)26(18-21)35(38,39)40)34(22-4-2-1-3-5-22)20-29(34)44-12-10-24(11-13-44)43-14-16-46-17-15-43/h1-9,18-19,24,29H,10-17,20H2,(H2,41,45). The molecule has 1 aliphatic carbocycles. The van der Waals surface area contributed by atoms with Crippen molar-refractivity contribution in [1.82, 2.24) is 14.8 Å². The van der Waals surface area contributed by atoms with E-state index in [1.54, 1.807) is 18.2 Å². The molecule has 3 heterocycles. The molecule has 46 heavy (non-hydrogen) atoms. The van der Waals surface area contributed by atoms with Crippen LogP contribution in [0.5, 0.6) is 0 Å². The maximum Gasteiger partial charge on any atom is 0.417 e. The number of ether oxygens (including phenoxy) is 1. The monoisotopic (exact) mass is 668 g/mol. The molecule has 0 spiro atoms. The van der Waals surface area contributed by atoms with Crippen molar-refractivity contribution >= 4 is 40.0 Å². The molecule has 240 valence electrons. The van der Waals surface area contributed by atoms with E-state index in [-0.39, 0.29) is 22.9 Å². The van der Waals surface area contributed by atoms with Gasteiger partial charge in [0, 0.05) is 52.1 Å². The van der Waals surface area contributed by atoms with Gasteiger partial charge in [-0.25, -0.2) is 4.98 Å². The molecule has 2 saturated heterocycles. The third-order valence-corrected chi connectivity index (χ3v) is 10.5. The highest BCUT2D eigenvalue weighted by Gasteiger charge is 2.61. The van der Waals surface area contributed by atoms with Gasteiger partial charge < -0.3 is 10.5 Å². The smallest absolute Gasteiger partial charge is 0.379 e. The number of piperidine rings is 1. The maximum atomic E-state index is 14.1. The first-order valence-corrected chi connectivity index (χ1v) is 16.3. The second-order valence-electron chi connectivity index (χ2n) is 12.4. The van der Waals surface area contributed by atoms with Gasteiger partial charge in [-0.2, -0.15) is 13.2 Å². The number of hydrogen-bond acceptors (Lipinski definition) is 5. The van der Waals surface area contributed by atoms with Crippen LogP contribution in [0.1, 0.15) is 46.3 Å². The molecule has 7 rings (SSSR count). The summed E-state index contributed by atoms with van der Waals surface area (Å²) in [7, 11) is 0. The van der Waals surface area contributed by atoms with E-state index in [2.05, 4.69) is 9.80 Å². The fraction of sp³-hybridized carbons (Fsp3) is 0.371. The highest BCUT2D eigenvalue weighted by molar-refractivity contribution is 6.32. The van der Waals surface area contributed by atoms with Gasteiger partial charge in [-0.1, -0.05) is 59.6 Å². The first-order valence-electron chi connectivity index (χ1n) is 15.5. The molecule has 1 aromatic heterocycles. The van der Waals surface area contributed by atoms with Crippen molar-refractivity contribution in [1.29, 1.82) is 0 Å². The molecule has 2 aliphatic heterocycles. The molecule has 3 aromatic carbocycles. The quantitative estimate of drug-likeness (QED) is 0.236. The zero-order valence-corrected chi connectivity index (χ0v) is 26.5. The van der Waals surface area contributed by atoms with Gasteiger partial charge >= 0.3 is 6.18 Å². The molecule has 4 aromatic rings. The maximum absolute atomic E-state index is 14.1. The third kappa shape index (κ3) is 5.56. The molecule has 2 N–H and O–H groups in total. The predicted octanol–water partition coefficient (Wildman–Crippen LogP) is 7.18. The number of alkyl halides is 3. The second-order valence-corrected chi connectivity index (χ2v) is 13.2. The number of nitrogens with two attached hydrogens (primary N) is 1. The number of nitrogens with zero attached hydrogens (tertiary/aromatic N) is 3. The van der Waals surface area contributed by atoms with Crippen molar-refractivity contribution in [2.75, 3.05) is 39.4 Å². The van der Waals surface area contributed by atoms with E-state index in [0.29, 0.717) is 34.0 Å². The molecule has 0 bridgehead atoms. The third-order valence-electron chi connectivity index (χ3n) is 9.90. The Balaban J connectivity index is 1.41. The Kier molecular flexibility index (Phi) is 8.26. The van der Waals surface area contributed by atoms with Crippen molar-refractivity contribution in [2.24, 2.45) is 5.73 Å². The molecule has 11 heteroatoms. The fourth-order valence-corrected chi connectivity index (χ4v) is 8.07. The molecule has 1 saturated carbocycles. The molecule has 3 aliphatic rings. The number of carbonyl (C=O) groups is 1. The van der Waals surface area contributed by atoms with E-state index in [0.717, 1.165) is 63.9 Å². The molecule has 6 nitrogen and oxygen atoms in total. The average Bonchev–Trinajstić information content (AvgIpc) is 3.81. The number of likely N-dealkylation sites (tertiary alicyclic amines) is 1. The summed E-state index contributed by atoms with van der Waals surface area (Å²) in [6.07, 6.45) is -2.04. The van der Waals surface area contributed by atoms with E-state index in [1.807, 2.05) is 30.3 Å². The van der Waals surface area contributed by atoms with Crippen LogP contribution in [0.15, 0.2) is 66.7 Å². The number of halogens is 5. The minimum atomic E-state index is -4.69. The molecule has 1 amide bonds. The van der Waals surface area contributed by atoms with Crippen LogP contribution >= 0.6 is 23.2 Å². The van der Waals surface area contributed by atoms with E-state index in [9.17, 15) is 18.0 Å². The predicted molar refractivity (Wildman–Crippen MR) is 173 cm³/mol. The normalized spacial score (nSPS) is 23.1. The lowest BCUT2D eigenvalue weighted by molar-refractivity contribution is -0.137. The minimum Gasteiger partial charge on any atom is -0.379 e. The van der Waals surface area contributed by atoms with Crippen molar-refractivity contribution in [3.8, 4) is 11.3 Å². The van der Waals surface area contributed by atoms with Crippen molar-refractivity contribution < 1.29 is 22.7 Å². The summed E-state index contributed by atoms with van der Waals surface area (Å²) in [4.78, 5) is 23.5. The second kappa shape index (κ2) is 12.1.